The van der Waals surface area contributed by atoms with Crippen molar-refractivity contribution < 1.29 is 19.1 Å². The van der Waals surface area contributed by atoms with Crippen molar-refractivity contribution >= 4 is 23.5 Å². The van der Waals surface area contributed by atoms with Crippen LogP contribution in [-0.2, 0) is 15.0 Å². The summed E-state index contributed by atoms with van der Waals surface area (Å²) in [5.41, 5.74) is 2.06. The number of anilines is 1. The van der Waals surface area contributed by atoms with E-state index in [1.54, 1.807) is 36.4 Å². The highest BCUT2D eigenvalue weighted by molar-refractivity contribution is 6.22. The maximum Gasteiger partial charge on any atom is 0.343 e. The van der Waals surface area contributed by atoms with E-state index in [0.717, 1.165) is 12.0 Å². The van der Waals surface area contributed by atoms with Crippen LogP contribution in [0.3, 0.4) is 0 Å². The standard InChI is InChI=1S/C26H25NO4/c1-26(2,3)18-8-12-20(13-9-18)31-25(30)15-6-10-19(11-7-15)27-23(28)21-16-4-5-17(14-16)22(21)24(27)29/h4-13,16-17,21-22H,14H2,1-3H3/t16-,17-,21-,22-/m0/s1. The van der Waals surface area contributed by atoms with Crippen LogP contribution in [-0.4, -0.2) is 17.8 Å². The molecule has 5 nitrogen and oxygen atoms in total. The van der Waals surface area contributed by atoms with Crippen LogP contribution in [0.4, 0.5) is 5.69 Å². The molecular formula is C26H25NO4. The summed E-state index contributed by atoms with van der Waals surface area (Å²) in [6.45, 7) is 6.37. The molecule has 2 amide bonds. The molecule has 0 radical (unpaired) electrons. The van der Waals surface area contributed by atoms with Crippen LogP contribution in [0, 0.1) is 23.7 Å². The van der Waals surface area contributed by atoms with Gasteiger partial charge in [-0.05, 0) is 65.6 Å². The molecule has 1 saturated carbocycles. The molecule has 1 aliphatic heterocycles. The highest BCUT2D eigenvalue weighted by Gasteiger charge is 2.59. The van der Waals surface area contributed by atoms with Crippen molar-refractivity contribution in [3.05, 3.63) is 71.8 Å². The number of benzene rings is 2. The van der Waals surface area contributed by atoms with E-state index in [9.17, 15) is 14.4 Å². The van der Waals surface area contributed by atoms with E-state index in [2.05, 4.69) is 32.9 Å². The predicted molar refractivity (Wildman–Crippen MR) is 117 cm³/mol. The first-order valence-electron chi connectivity index (χ1n) is 10.7. The Morgan fingerprint density at radius 1 is 0.871 bits per heavy atom. The Kier molecular flexibility index (Phi) is 4.40. The minimum Gasteiger partial charge on any atom is -0.423 e. The van der Waals surface area contributed by atoms with Gasteiger partial charge in [-0.2, -0.15) is 0 Å². The number of hydrogen-bond acceptors (Lipinski definition) is 4. The number of hydrogen-bond donors (Lipinski definition) is 0. The van der Waals surface area contributed by atoms with E-state index in [4.69, 9.17) is 4.74 Å². The number of ether oxygens (including phenoxy) is 1. The summed E-state index contributed by atoms with van der Waals surface area (Å²) in [5, 5.41) is 0. The van der Waals surface area contributed by atoms with Crippen LogP contribution < -0.4 is 9.64 Å². The highest BCUT2D eigenvalue weighted by Crippen LogP contribution is 2.53. The summed E-state index contributed by atoms with van der Waals surface area (Å²) in [7, 11) is 0. The quantitative estimate of drug-likeness (QED) is 0.320. The summed E-state index contributed by atoms with van der Waals surface area (Å²) >= 11 is 0. The largest absolute Gasteiger partial charge is 0.423 e. The first-order chi connectivity index (χ1) is 14.7. The van der Waals surface area contributed by atoms with Crippen LogP contribution in [0.5, 0.6) is 5.75 Å². The maximum absolute atomic E-state index is 12.9. The van der Waals surface area contributed by atoms with Gasteiger partial charge in [0.25, 0.3) is 0 Å². The molecule has 2 aromatic rings. The molecule has 0 aromatic heterocycles. The van der Waals surface area contributed by atoms with Crippen LogP contribution in [0.2, 0.25) is 0 Å². The Morgan fingerprint density at radius 2 is 1.42 bits per heavy atom. The molecular weight excluding hydrogens is 390 g/mol. The normalized spacial score (nSPS) is 26.5. The van der Waals surface area contributed by atoms with Gasteiger partial charge < -0.3 is 4.74 Å². The SMILES string of the molecule is CC(C)(C)c1ccc(OC(=O)c2ccc(N3C(=O)[C@@H]4[C@@H](C3=O)[C@H]3C=C[C@H]4C3)cc2)cc1. The minimum atomic E-state index is -0.478. The number of allylic oxidation sites excluding steroid dienone is 2. The zero-order valence-corrected chi connectivity index (χ0v) is 17.9. The first kappa shape index (κ1) is 19.7. The lowest BCUT2D eigenvalue weighted by molar-refractivity contribution is -0.123. The van der Waals surface area contributed by atoms with Crippen molar-refractivity contribution in [1.82, 2.24) is 0 Å². The van der Waals surface area contributed by atoms with Crippen LogP contribution in [0.1, 0.15) is 43.1 Å². The molecule has 2 bridgehead atoms. The average Bonchev–Trinajstić information content (AvgIpc) is 3.42. The molecule has 158 valence electrons. The smallest absolute Gasteiger partial charge is 0.343 e. The fourth-order valence-corrected chi connectivity index (χ4v) is 5.09. The van der Waals surface area contributed by atoms with E-state index < -0.39 is 5.97 Å². The van der Waals surface area contributed by atoms with Gasteiger partial charge in [-0.1, -0.05) is 45.1 Å². The number of carbonyl (C=O) groups is 3. The van der Waals surface area contributed by atoms with Crippen molar-refractivity contribution in [3.63, 3.8) is 0 Å². The van der Waals surface area contributed by atoms with E-state index in [1.807, 2.05) is 12.1 Å². The van der Waals surface area contributed by atoms with Gasteiger partial charge in [-0.15, -0.1) is 0 Å². The first-order valence-corrected chi connectivity index (χ1v) is 10.7. The van der Waals surface area contributed by atoms with Gasteiger partial charge in [-0.3, -0.25) is 14.5 Å². The molecule has 0 spiro atoms. The molecule has 2 aliphatic carbocycles. The molecule has 5 rings (SSSR count). The molecule has 0 unspecified atom stereocenters. The van der Waals surface area contributed by atoms with Crippen LogP contribution in [0.25, 0.3) is 0 Å². The molecule has 2 aromatic carbocycles. The Labute approximate surface area is 181 Å². The van der Waals surface area contributed by atoms with Gasteiger partial charge >= 0.3 is 5.97 Å². The minimum absolute atomic E-state index is 0.0247. The number of esters is 1. The van der Waals surface area contributed by atoms with Crippen molar-refractivity contribution in [2.24, 2.45) is 23.7 Å². The maximum atomic E-state index is 12.9. The fraction of sp³-hybridized carbons (Fsp3) is 0.346. The number of rotatable bonds is 3. The molecule has 5 heteroatoms. The van der Waals surface area contributed by atoms with Gasteiger partial charge in [0.2, 0.25) is 11.8 Å². The van der Waals surface area contributed by atoms with E-state index in [0.29, 0.717) is 17.0 Å². The zero-order chi connectivity index (χ0) is 21.9. The highest BCUT2D eigenvalue weighted by atomic mass is 16.5. The molecule has 1 heterocycles. The Morgan fingerprint density at radius 3 is 1.94 bits per heavy atom. The molecule has 0 N–H and O–H groups in total. The van der Waals surface area contributed by atoms with Gasteiger partial charge in [0.1, 0.15) is 5.75 Å². The molecule has 1 saturated heterocycles. The lowest BCUT2D eigenvalue weighted by atomic mass is 9.85. The Bertz CT molecular complexity index is 1060. The lowest BCUT2D eigenvalue weighted by Crippen LogP contribution is -2.32. The third-order valence-corrected chi connectivity index (χ3v) is 6.76. The number of imide groups is 1. The summed E-state index contributed by atoms with van der Waals surface area (Å²) in [5.74, 6) is -0.365. The molecule has 3 aliphatic rings. The predicted octanol–water partition coefficient (Wildman–Crippen LogP) is 4.51. The summed E-state index contributed by atoms with van der Waals surface area (Å²) in [4.78, 5) is 39.7. The van der Waals surface area contributed by atoms with E-state index in [1.165, 1.54) is 4.90 Å². The van der Waals surface area contributed by atoms with Gasteiger partial charge in [0.05, 0.1) is 23.1 Å². The van der Waals surface area contributed by atoms with Gasteiger partial charge in [0, 0.05) is 0 Å². The number of nitrogens with zero attached hydrogens (tertiary/aromatic N) is 1. The van der Waals surface area contributed by atoms with Crippen molar-refractivity contribution in [1.29, 1.82) is 0 Å². The van der Waals surface area contributed by atoms with E-state index in [-0.39, 0.29) is 40.9 Å². The summed E-state index contributed by atoms with van der Waals surface area (Å²) in [6, 6.07) is 14.0. The fourth-order valence-electron chi connectivity index (χ4n) is 5.09. The Hall–Kier alpha value is -3.21. The van der Waals surface area contributed by atoms with Gasteiger partial charge in [0.15, 0.2) is 0 Å². The average molecular weight is 415 g/mol. The Balaban J connectivity index is 1.30. The third kappa shape index (κ3) is 3.19. The second-order valence-electron chi connectivity index (χ2n) is 9.72. The van der Waals surface area contributed by atoms with Crippen molar-refractivity contribution in [2.45, 2.75) is 32.6 Å². The zero-order valence-electron chi connectivity index (χ0n) is 17.9. The van der Waals surface area contributed by atoms with Crippen LogP contribution >= 0.6 is 0 Å². The van der Waals surface area contributed by atoms with Gasteiger partial charge in [-0.25, -0.2) is 4.79 Å². The number of carbonyl (C=O) groups excluding carboxylic acids is 3. The molecule has 2 fully saturated rings. The third-order valence-electron chi connectivity index (χ3n) is 6.76. The summed E-state index contributed by atoms with van der Waals surface area (Å²) < 4.78 is 5.48. The molecule has 31 heavy (non-hydrogen) atoms. The van der Waals surface area contributed by atoms with Crippen molar-refractivity contribution in [2.75, 3.05) is 4.90 Å². The summed E-state index contributed by atoms with van der Waals surface area (Å²) in [6.07, 6.45) is 5.06. The van der Waals surface area contributed by atoms with Crippen LogP contribution in [0.15, 0.2) is 60.7 Å². The molecule has 4 atom stereocenters. The lowest BCUT2D eigenvalue weighted by Gasteiger charge is -2.19. The monoisotopic (exact) mass is 415 g/mol. The second kappa shape index (κ2) is 6.91. The second-order valence-corrected chi connectivity index (χ2v) is 9.72. The van der Waals surface area contributed by atoms with E-state index >= 15 is 0 Å². The number of fused-ring (bicyclic) bond motifs is 5. The number of amides is 2. The van der Waals surface area contributed by atoms with Crippen molar-refractivity contribution in [3.8, 4) is 5.75 Å². The topological polar surface area (TPSA) is 63.7 Å².